The van der Waals surface area contributed by atoms with Crippen molar-refractivity contribution in [3.63, 3.8) is 0 Å². The molecule has 0 bridgehead atoms. The fourth-order valence-corrected chi connectivity index (χ4v) is 4.61. The second-order valence-electron chi connectivity index (χ2n) is 7.94. The van der Waals surface area contributed by atoms with Crippen molar-refractivity contribution >= 4 is 44.6 Å². The maximum atomic E-state index is 12.7. The summed E-state index contributed by atoms with van der Waals surface area (Å²) in [6, 6.07) is 30.7. The molecule has 3 N–H and O–H groups in total. The summed E-state index contributed by atoms with van der Waals surface area (Å²) in [5, 5.41) is 5.55. The van der Waals surface area contributed by atoms with E-state index in [1.165, 1.54) is 12.1 Å². The first-order chi connectivity index (χ1) is 18.4. The van der Waals surface area contributed by atoms with Gasteiger partial charge in [-0.25, -0.2) is 8.42 Å². The summed E-state index contributed by atoms with van der Waals surface area (Å²) in [5.74, 6) is 0.860. The topological polar surface area (TPSA) is 106 Å². The lowest BCUT2D eigenvalue weighted by Gasteiger charge is -2.12. The van der Waals surface area contributed by atoms with Crippen LogP contribution in [-0.2, 0) is 10.0 Å². The van der Waals surface area contributed by atoms with E-state index in [0.717, 1.165) is 5.75 Å². The Bertz CT molecular complexity index is 1480. The minimum absolute atomic E-state index is 0.0654. The number of rotatable bonds is 10. The Morgan fingerprint density at radius 2 is 1.32 bits per heavy atom. The van der Waals surface area contributed by atoms with Crippen LogP contribution in [0.1, 0.15) is 10.4 Å². The standard InChI is InChI=1S/C28H25N3O5S2/c32-27(21-8-7-13-25(20-21)36-19-18-35-24-11-5-2-6-12-24)30-28(37)29-22-14-16-26(17-15-22)38(33,34)31-23-9-3-1-4-10-23/h1-17,20,31H,18-19H2,(H2,29,30,32,37). The number of carbonyl (C=O) groups is 1. The molecule has 0 spiro atoms. The van der Waals surface area contributed by atoms with Crippen LogP contribution >= 0.6 is 12.2 Å². The molecule has 0 saturated carbocycles. The van der Waals surface area contributed by atoms with Crippen molar-refractivity contribution in [2.45, 2.75) is 4.90 Å². The minimum Gasteiger partial charge on any atom is -0.490 e. The van der Waals surface area contributed by atoms with Gasteiger partial charge >= 0.3 is 0 Å². The molecular weight excluding hydrogens is 522 g/mol. The Balaban J connectivity index is 1.27. The van der Waals surface area contributed by atoms with Crippen LogP contribution in [0.2, 0.25) is 0 Å². The van der Waals surface area contributed by atoms with E-state index in [2.05, 4.69) is 15.4 Å². The molecule has 0 aliphatic carbocycles. The third-order valence-electron chi connectivity index (χ3n) is 5.14. The predicted molar refractivity (Wildman–Crippen MR) is 151 cm³/mol. The summed E-state index contributed by atoms with van der Waals surface area (Å²) in [5.41, 5.74) is 1.35. The molecule has 0 heterocycles. The number of para-hydroxylation sites is 2. The molecule has 0 fully saturated rings. The summed E-state index contributed by atoms with van der Waals surface area (Å²) < 4.78 is 39.0. The van der Waals surface area contributed by atoms with E-state index in [-0.39, 0.29) is 10.0 Å². The quantitative estimate of drug-likeness (QED) is 0.188. The minimum atomic E-state index is -3.74. The van der Waals surface area contributed by atoms with Crippen molar-refractivity contribution in [2.24, 2.45) is 0 Å². The van der Waals surface area contributed by atoms with E-state index in [1.54, 1.807) is 66.7 Å². The van der Waals surface area contributed by atoms with Crippen LogP contribution in [0.25, 0.3) is 0 Å². The highest BCUT2D eigenvalue weighted by molar-refractivity contribution is 7.92. The smallest absolute Gasteiger partial charge is 0.261 e. The molecule has 0 unspecified atom stereocenters. The lowest BCUT2D eigenvalue weighted by atomic mass is 10.2. The molecule has 4 rings (SSSR count). The Kier molecular flexibility index (Phi) is 8.91. The molecule has 0 atom stereocenters. The first-order valence-corrected chi connectivity index (χ1v) is 13.5. The van der Waals surface area contributed by atoms with Crippen LogP contribution in [0.4, 0.5) is 11.4 Å². The number of amides is 1. The SMILES string of the molecule is O=C(NC(=S)Nc1ccc(S(=O)(=O)Nc2ccccc2)cc1)c1cccc(OCCOc2ccccc2)c1. The zero-order valence-electron chi connectivity index (χ0n) is 20.2. The highest BCUT2D eigenvalue weighted by Crippen LogP contribution is 2.18. The van der Waals surface area contributed by atoms with Gasteiger partial charge in [-0.15, -0.1) is 0 Å². The van der Waals surface area contributed by atoms with Gasteiger partial charge < -0.3 is 14.8 Å². The zero-order chi connectivity index (χ0) is 26.8. The maximum absolute atomic E-state index is 12.7. The highest BCUT2D eigenvalue weighted by Gasteiger charge is 2.14. The zero-order valence-corrected chi connectivity index (χ0v) is 21.8. The van der Waals surface area contributed by atoms with Crippen LogP contribution in [0.15, 0.2) is 114 Å². The van der Waals surface area contributed by atoms with E-state index in [9.17, 15) is 13.2 Å². The predicted octanol–water partition coefficient (Wildman–Crippen LogP) is 5.07. The third-order valence-corrected chi connectivity index (χ3v) is 6.74. The van der Waals surface area contributed by atoms with Gasteiger partial charge in [0.2, 0.25) is 0 Å². The molecule has 0 aliphatic rings. The fraction of sp³-hybridized carbons (Fsp3) is 0.0714. The molecule has 10 heteroatoms. The summed E-state index contributed by atoms with van der Waals surface area (Å²) in [6.45, 7) is 0.670. The van der Waals surface area contributed by atoms with E-state index in [4.69, 9.17) is 21.7 Å². The Labute approximate surface area is 226 Å². The van der Waals surface area contributed by atoms with E-state index < -0.39 is 15.9 Å². The second kappa shape index (κ2) is 12.7. The van der Waals surface area contributed by atoms with Gasteiger partial charge in [-0.1, -0.05) is 42.5 Å². The van der Waals surface area contributed by atoms with Crippen molar-refractivity contribution in [2.75, 3.05) is 23.3 Å². The summed E-state index contributed by atoms with van der Waals surface area (Å²) >= 11 is 5.25. The summed E-state index contributed by atoms with van der Waals surface area (Å²) in [6.07, 6.45) is 0. The van der Waals surface area contributed by atoms with Crippen molar-refractivity contribution < 1.29 is 22.7 Å². The van der Waals surface area contributed by atoms with Crippen molar-refractivity contribution in [3.05, 3.63) is 115 Å². The van der Waals surface area contributed by atoms with Gasteiger partial charge in [0.05, 0.1) is 4.90 Å². The van der Waals surface area contributed by atoms with Crippen LogP contribution in [0.5, 0.6) is 11.5 Å². The van der Waals surface area contributed by atoms with Gasteiger partial charge in [-0.2, -0.15) is 0 Å². The first-order valence-electron chi connectivity index (χ1n) is 11.6. The highest BCUT2D eigenvalue weighted by atomic mass is 32.2. The number of anilines is 2. The number of hydrogen-bond acceptors (Lipinski definition) is 6. The molecule has 1 amide bonds. The molecule has 4 aromatic carbocycles. The average Bonchev–Trinajstić information content (AvgIpc) is 2.92. The summed E-state index contributed by atoms with van der Waals surface area (Å²) in [7, 11) is -3.74. The fourth-order valence-electron chi connectivity index (χ4n) is 3.34. The van der Waals surface area contributed by atoms with E-state index in [1.807, 2.05) is 30.3 Å². The number of nitrogens with one attached hydrogen (secondary N) is 3. The molecule has 0 radical (unpaired) electrons. The molecule has 0 saturated heterocycles. The van der Waals surface area contributed by atoms with Crippen molar-refractivity contribution in [1.82, 2.24) is 5.32 Å². The third kappa shape index (κ3) is 7.79. The van der Waals surface area contributed by atoms with Crippen LogP contribution < -0.4 is 24.8 Å². The maximum Gasteiger partial charge on any atom is 0.261 e. The lowest BCUT2D eigenvalue weighted by Crippen LogP contribution is -2.34. The Morgan fingerprint density at radius 1 is 0.711 bits per heavy atom. The molecule has 38 heavy (non-hydrogen) atoms. The molecular formula is C28H25N3O5S2. The molecule has 0 aromatic heterocycles. The molecule has 8 nitrogen and oxygen atoms in total. The summed E-state index contributed by atoms with van der Waals surface area (Å²) in [4.78, 5) is 12.8. The lowest BCUT2D eigenvalue weighted by molar-refractivity contribution is 0.0977. The second-order valence-corrected chi connectivity index (χ2v) is 10.0. The number of benzene rings is 4. The Hall–Kier alpha value is -4.41. The van der Waals surface area contributed by atoms with Crippen molar-refractivity contribution in [1.29, 1.82) is 0 Å². The average molecular weight is 548 g/mol. The van der Waals surface area contributed by atoms with Crippen molar-refractivity contribution in [3.8, 4) is 11.5 Å². The van der Waals surface area contributed by atoms with Crippen LogP contribution in [0.3, 0.4) is 0 Å². The number of thiocarbonyl (C=S) groups is 1. The van der Waals surface area contributed by atoms with E-state index >= 15 is 0 Å². The van der Waals surface area contributed by atoms with Crippen LogP contribution in [-0.4, -0.2) is 32.7 Å². The molecule has 194 valence electrons. The van der Waals surface area contributed by atoms with Gasteiger partial charge in [0.15, 0.2) is 5.11 Å². The molecule has 0 aliphatic heterocycles. The monoisotopic (exact) mass is 547 g/mol. The van der Waals surface area contributed by atoms with Gasteiger partial charge in [0, 0.05) is 16.9 Å². The number of carbonyl (C=O) groups excluding carboxylic acids is 1. The van der Waals surface area contributed by atoms with E-state index in [0.29, 0.717) is 35.9 Å². The Morgan fingerprint density at radius 3 is 2.00 bits per heavy atom. The molecule has 4 aromatic rings. The van der Waals surface area contributed by atoms with Gasteiger partial charge in [0.25, 0.3) is 15.9 Å². The normalized spacial score (nSPS) is 10.7. The number of ether oxygens (including phenoxy) is 2. The van der Waals surface area contributed by atoms with Gasteiger partial charge in [-0.3, -0.25) is 14.8 Å². The largest absolute Gasteiger partial charge is 0.490 e. The van der Waals surface area contributed by atoms with Gasteiger partial charge in [-0.05, 0) is 78.9 Å². The number of hydrogen-bond donors (Lipinski definition) is 3. The van der Waals surface area contributed by atoms with Gasteiger partial charge in [0.1, 0.15) is 24.7 Å². The number of sulfonamides is 1. The van der Waals surface area contributed by atoms with Crippen LogP contribution in [0, 0.1) is 0 Å². The first kappa shape index (κ1) is 26.6.